The number of aliphatic hydroxyl groups is 1. The third-order valence-corrected chi connectivity index (χ3v) is 9.52. The van der Waals surface area contributed by atoms with Gasteiger partial charge in [0.2, 0.25) is 5.79 Å². The zero-order valence-electron chi connectivity index (χ0n) is 19.9. The van der Waals surface area contributed by atoms with Crippen molar-refractivity contribution in [3.05, 3.63) is 34.9 Å². The molecule has 6 rings (SSSR count). The van der Waals surface area contributed by atoms with Crippen LogP contribution >= 0.6 is 0 Å². The van der Waals surface area contributed by atoms with Gasteiger partial charge in [0.05, 0.1) is 24.2 Å². The topological polar surface area (TPSA) is 94.5 Å². The normalized spacial score (nSPS) is 34.3. The number of fused-ring (bicyclic) bond motifs is 1. The van der Waals surface area contributed by atoms with Gasteiger partial charge in [-0.05, 0) is 51.3 Å². The highest BCUT2D eigenvalue weighted by Crippen LogP contribution is 2.68. The molecule has 36 heavy (non-hydrogen) atoms. The number of rotatable bonds is 4. The third-order valence-electron chi connectivity index (χ3n) is 8.56. The fourth-order valence-electron chi connectivity index (χ4n) is 7.09. The van der Waals surface area contributed by atoms with Crippen LogP contribution in [0, 0.1) is 0 Å². The zero-order valence-corrected chi connectivity index (χ0v) is 20.7. The molecule has 3 aliphatic heterocycles. The summed E-state index contributed by atoms with van der Waals surface area (Å²) < 4.78 is 86.2. The maximum absolute atomic E-state index is 13.2. The number of nitrogens with zero attached hydrogens (tertiary/aromatic N) is 1. The SMILES string of the molecule is CC(C)=CCN1CCC23c4c5ccc(OS(=O)(=O)C(F)(F)F)c4OC2C2(CCC3(O)C1C5)OCCO2. The Morgan fingerprint density at radius 3 is 2.61 bits per heavy atom. The van der Waals surface area contributed by atoms with Crippen molar-refractivity contribution in [2.45, 2.75) is 74.0 Å². The number of hydrogen-bond donors (Lipinski definition) is 1. The lowest BCUT2D eigenvalue weighted by molar-refractivity contribution is -0.296. The Labute approximate surface area is 207 Å². The molecule has 1 aromatic rings. The molecule has 198 valence electrons. The molecule has 5 aliphatic rings. The molecule has 0 radical (unpaired) electrons. The number of hydrogen-bond acceptors (Lipinski definition) is 8. The Kier molecular flexibility index (Phi) is 5.16. The number of ether oxygens (including phenoxy) is 3. The number of halogens is 3. The molecule has 2 saturated heterocycles. The van der Waals surface area contributed by atoms with Gasteiger partial charge in [-0.2, -0.15) is 21.6 Å². The number of piperidine rings is 1. The summed E-state index contributed by atoms with van der Waals surface area (Å²) in [4.78, 5) is 2.24. The summed E-state index contributed by atoms with van der Waals surface area (Å²) in [5, 5.41) is 12.5. The summed E-state index contributed by atoms with van der Waals surface area (Å²) in [6.07, 6.45) is 2.79. The first kappa shape index (κ1) is 24.5. The maximum Gasteiger partial charge on any atom is 0.534 e. The smallest absolute Gasteiger partial charge is 0.479 e. The van der Waals surface area contributed by atoms with Crippen molar-refractivity contribution in [3.8, 4) is 11.5 Å². The standard InChI is InChI=1S/C24H28F3NO7S/c1-14(2)5-9-28-10-8-21-18-15-3-4-16(35-36(30,31)24(25,26)27)19(18)34-20(21)23(32-11-12-33-23)7-6-22(21,29)17(28)13-15/h3-5,17,20,29H,6-13H2,1-2H3. The van der Waals surface area contributed by atoms with Gasteiger partial charge in [0.1, 0.15) is 0 Å². The van der Waals surface area contributed by atoms with E-state index in [0.717, 1.165) is 11.1 Å². The highest BCUT2D eigenvalue weighted by Gasteiger charge is 2.77. The van der Waals surface area contributed by atoms with Crippen molar-refractivity contribution < 1.29 is 45.1 Å². The molecule has 2 aliphatic carbocycles. The van der Waals surface area contributed by atoms with Gasteiger partial charge in [-0.15, -0.1) is 0 Å². The van der Waals surface area contributed by atoms with Crippen molar-refractivity contribution in [3.63, 3.8) is 0 Å². The molecule has 2 spiro atoms. The summed E-state index contributed by atoms with van der Waals surface area (Å²) in [6, 6.07) is 2.52. The van der Waals surface area contributed by atoms with E-state index in [2.05, 4.69) is 15.2 Å². The van der Waals surface area contributed by atoms with E-state index in [1.54, 1.807) is 6.07 Å². The Hall–Kier alpha value is -1.86. The lowest BCUT2D eigenvalue weighted by Crippen LogP contribution is -2.79. The lowest BCUT2D eigenvalue weighted by atomic mass is 9.48. The predicted molar refractivity (Wildman–Crippen MR) is 120 cm³/mol. The van der Waals surface area contributed by atoms with Crippen LogP contribution in [-0.2, 0) is 31.4 Å². The highest BCUT2D eigenvalue weighted by molar-refractivity contribution is 7.88. The first-order valence-corrected chi connectivity index (χ1v) is 13.5. The van der Waals surface area contributed by atoms with Gasteiger partial charge in [-0.25, -0.2) is 0 Å². The molecule has 4 atom stereocenters. The molecule has 0 aromatic heterocycles. The molecule has 2 bridgehead atoms. The quantitative estimate of drug-likeness (QED) is 0.360. The van der Waals surface area contributed by atoms with Crippen molar-refractivity contribution in [2.24, 2.45) is 0 Å². The van der Waals surface area contributed by atoms with Crippen LogP contribution in [-0.4, -0.2) is 73.8 Å². The second kappa shape index (κ2) is 7.59. The minimum absolute atomic E-state index is 0.0830. The molecule has 12 heteroatoms. The molecule has 0 amide bonds. The van der Waals surface area contributed by atoms with Crippen LogP contribution in [0.25, 0.3) is 0 Å². The minimum Gasteiger partial charge on any atom is -0.479 e. The molecule has 4 unspecified atom stereocenters. The van der Waals surface area contributed by atoms with Crippen molar-refractivity contribution in [1.29, 1.82) is 0 Å². The van der Waals surface area contributed by atoms with Crippen molar-refractivity contribution in [2.75, 3.05) is 26.3 Å². The van der Waals surface area contributed by atoms with Crippen LogP contribution in [0.4, 0.5) is 13.2 Å². The molecule has 8 nitrogen and oxygen atoms in total. The average molecular weight is 532 g/mol. The largest absolute Gasteiger partial charge is 0.534 e. The van der Waals surface area contributed by atoms with Crippen LogP contribution in [0.2, 0.25) is 0 Å². The highest BCUT2D eigenvalue weighted by atomic mass is 32.2. The third kappa shape index (κ3) is 3.05. The Morgan fingerprint density at radius 2 is 1.94 bits per heavy atom. The second-order valence-corrected chi connectivity index (χ2v) is 12.1. The average Bonchev–Trinajstić information content (AvgIpc) is 3.39. The van der Waals surface area contributed by atoms with Crippen LogP contribution in [0.1, 0.15) is 44.2 Å². The lowest BCUT2D eigenvalue weighted by Gasteiger charge is -2.65. The summed E-state index contributed by atoms with van der Waals surface area (Å²) in [7, 11) is -5.92. The van der Waals surface area contributed by atoms with E-state index in [9.17, 15) is 26.7 Å². The van der Waals surface area contributed by atoms with Crippen molar-refractivity contribution in [1.82, 2.24) is 4.90 Å². The van der Waals surface area contributed by atoms with Gasteiger partial charge in [0.25, 0.3) is 0 Å². The fraction of sp³-hybridized carbons (Fsp3) is 0.667. The van der Waals surface area contributed by atoms with Crippen LogP contribution in [0.5, 0.6) is 11.5 Å². The molecular weight excluding hydrogens is 503 g/mol. The monoisotopic (exact) mass is 531 g/mol. The van der Waals surface area contributed by atoms with Crippen LogP contribution in [0.3, 0.4) is 0 Å². The van der Waals surface area contributed by atoms with Gasteiger partial charge in [-0.3, -0.25) is 4.90 Å². The number of likely N-dealkylation sites (tertiary alicyclic amines) is 1. The zero-order chi connectivity index (χ0) is 25.7. The van der Waals surface area contributed by atoms with E-state index >= 15 is 0 Å². The summed E-state index contributed by atoms with van der Waals surface area (Å²) in [5.74, 6) is -1.82. The summed E-state index contributed by atoms with van der Waals surface area (Å²) in [5.41, 5.74) is -5.47. The molecule has 3 fully saturated rings. The van der Waals surface area contributed by atoms with Gasteiger partial charge in [0, 0.05) is 24.6 Å². The number of allylic oxidation sites excluding steroid dienone is 1. The first-order chi connectivity index (χ1) is 16.8. The van der Waals surface area contributed by atoms with Crippen molar-refractivity contribution >= 4 is 10.1 Å². The first-order valence-electron chi connectivity index (χ1n) is 12.1. The fourth-order valence-corrected chi connectivity index (χ4v) is 7.56. The van der Waals surface area contributed by atoms with E-state index in [-0.39, 0.29) is 11.8 Å². The van der Waals surface area contributed by atoms with E-state index in [4.69, 9.17) is 14.2 Å². The van der Waals surface area contributed by atoms with Gasteiger partial charge >= 0.3 is 15.6 Å². The van der Waals surface area contributed by atoms with Gasteiger partial charge in [-0.1, -0.05) is 17.7 Å². The Balaban J connectivity index is 1.53. The summed E-state index contributed by atoms with van der Waals surface area (Å²) in [6.45, 7) is 5.93. The molecule has 1 N–H and O–H groups in total. The van der Waals surface area contributed by atoms with E-state index < -0.39 is 44.3 Å². The number of alkyl halides is 3. The molecule has 3 heterocycles. The predicted octanol–water partition coefficient (Wildman–Crippen LogP) is 2.78. The van der Waals surface area contributed by atoms with E-state index in [0.29, 0.717) is 57.6 Å². The van der Waals surface area contributed by atoms with Gasteiger partial charge < -0.3 is 23.5 Å². The van der Waals surface area contributed by atoms with Crippen LogP contribution < -0.4 is 8.92 Å². The molecule has 1 aromatic carbocycles. The van der Waals surface area contributed by atoms with E-state index in [1.165, 1.54) is 6.07 Å². The van der Waals surface area contributed by atoms with Gasteiger partial charge in [0.15, 0.2) is 17.6 Å². The molecule has 1 saturated carbocycles. The number of benzene rings is 1. The van der Waals surface area contributed by atoms with E-state index in [1.807, 2.05) is 13.8 Å². The minimum atomic E-state index is -5.92. The molecular formula is C24H28F3NO7S. The second-order valence-electron chi connectivity index (χ2n) is 10.6. The maximum atomic E-state index is 13.2. The Bertz CT molecular complexity index is 1240. The van der Waals surface area contributed by atoms with Crippen LogP contribution in [0.15, 0.2) is 23.8 Å². The summed E-state index contributed by atoms with van der Waals surface area (Å²) >= 11 is 0. The Morgan fingerprint density at radius 1 is 1.22 bits per heavy atom.